The second kappa shape index (κ2) is 5.68. The summed E-state index contributed by atoms with van der Waals surface area (Å²) in [6, 6.07) is 7.75. The van der Waals surface area contributed by atoms with E-state index in [4.69, 9.17) is 16.7 Å². The van der Waals surface area contributed by atoms with Gasteiger partial charge in [0.25, 0.3) is 0 Å². The molecule has 1 heterocycles. The van der Waals surface area contributed by atoms with Crippen molar-refractivity contribution in [2.75, 3.05) is 0 Å². The number of nitrogens with zero attached hydrogens (tertiary/aromatic N) is 1. The number of aromatic nitrogens is 1. The number of hydrogen-bond donors (Lipinski definition) is 1. The van der Waals surface area contributed by atoms with E-state index in [9.17, 15) is 0 Å². The first-order chi connectivity index (χ1) is 7.78. The smallest absolute Gasteiger partial charge is 0.103 e. The van der Waals surface area contributed by atoms with Crippen LogP contribution in [0.15, 0.2) is 35.4 Å². The molecular formula is C11H10ClNOS2. The van der Waals surface area contributed by atoms with E-state index in [1.807, 2.05) is 24.3 Å². The first-order valence-electron chi connectivity index (χ1n) is 4.71. The minimum absolute atomic E-state index is 0.0727. The first-order valence-corrected chi connectivity index (χ1v) is 6.89. The summed E-state index contributed by atoms with van der Waals surface area (Å²) < 4.78 is 0. The zero-order chi connectivity index (χ0) is 11.4. The molecule has 0 spiro atoms. The molecule has 0 unspecified atom stereocenters. The fraction of sp³-hybridized carbons (Fsp3) is 0.182. The van der Waals surface area contributed by atoms with Gasteiger partial charge in [0.15, 0.2) is 0 Å². The van der Waals surface area contributed by atoms with Crippen LogP contribution in [0, 0.1) is 0 Å². The van der Waals surface area contributed by atoms with Crippen molar-refractivity contribution in [3.05, 3.63) is 45.4 Å². The maximum absolute atomic E-state index is 8.92. The summed E-state index contributed by atoms with van der Waals surface area (Å²) >= 11 is 9.06. The van der Waals surface area contributed by atoms with Gasteiger partial charge >= 0.3 is 0 Å². The first kappa shape index (κ1) is 11.9. The Morgan fingerprint density at radius 3 is 2.69 bits per heavy atom. The van der Waals surface area contributed by atoms with Gasteiger partial charge in [0, 0.05) is 16.1 Å². The standard InChI is InChI=1S/C11H10ClNOS2/c12-8-1-3-9(4-2-8)15-7-11-13-5-10(6-14)16-11/h1-5,14H,6-7H2. The molecule has 0 aliphatic rings. The van der Waals surface area contributed by atoms with Gasteiger partial charge in [0.05, 0.1) is 17.2 Å². The minimum Gasteiger partial charge on any atom is -0.391 e. The van der Waals surface area contributed by atoms with Gasteiger partial charge in [-0.3, -0.25) is 0 Å². The summed E-state index contributed by atoms with van der Waals surface area (Å²) in [5.41, 5.74) is 0. The van der Waals surface area contributed by atoms with Crippen molar-refractivity contribution in [1.29, 1.82) is 0 Å². The maximum Gasteiger partial charge on any atom is 0.103 e. The SMILES string of the molecule is OCc1cnc(CSc2ccc(Cl)cc2)s1. The van der Waals surface area contributed by atoms with E-state index in [-0.39, 0.29) is 6.61 Å². The summed E-state index contributed by atoms with van der Waals surface area (Å²) in [5.74, 6) is 0.826. The van der Waals surface area contributed by atoms with Crippen LogP contribution in [0.2, 0.25) is 5.02 Å². The molecule has 1 N–H and O–H groups in total. The van der Waals surface area contributed by atoms with Crippen LogP contribution in [-0.4, -0.2) is 10.1 Å². The molecule has 5 heteroatoms. The number of thioether (sulfide) groups is 1. The summed E-state index contributed by atoms with van der Waals surface area (Å²) in [6.07, 6.45) is 1.72. The van der Waals surface area contributed by atoms with E-state index in [0.717, 1.165) is 20.7 Å². The number of halogens is 1. The summed E-state index contributed by atoms with van der Waals surface area (Å²) in [6.45, 7) is 0.0727. The molecule has 0 bridgehead atoms. The normalized spacial score (nSPS) is 10.6. The molecule has 0 atom stereocenters. The van der Waals surface area contributed by atoms with E-state index in [0.29, 0.717) is 0 Å². The Kier molecular flexibility index (Phi) is 4.23. The highest BCUT2D eigenvalue weighted by Gasteiger charge is 2.02. The third-order valence-electron chi connectivity index (χ3n) is 1.93. The Hall–Kier alpha value is -0.550. The van der Waals surface area contributed by atoms with E-state index in [2.05, 4.69) is 4.98 Å². The van der Waals surface area contributed by atoms with Gasteiger partial charge in [-0.1, -0.05) is 11.6 Å². The molecule has 16 heavy (non-hydrogen) atoms. The molecule has 2 nitrogen and oxygen atoms in total. The summed E-state index contributed by atoms with van der Waals surface area (Å²) in [4.78, 5) is 6.31. The Morgan fingerprint density at radius 2 is 2.06 bits per heavy atom. The van der Waals surface area contributed by atoms with Crippen molar-refractivity contribution in [1.82, 2.24) is 4.98 Å². The van der Waals surface area contributed by atoms with Crippen molar-refractivity contribution in [3.8, 4) is 0 Å². The molecule has 0 aliphatic heterocycles. The fourth-order valence-corrected chi connectivity index (χ4v) is 2.97. The van der Waals surface area contributed by atoms with Crippen molar-refractivity contribution in [2.24, 2.45) is 0 Å². The minimum atomic E-state index is 0.0727. The third kappa shape index (κ3) is 3.22. The van der Waals surface area contributed by atoms with Crippen molar-refractivity contribution >= 4 is 34.7 Å². The topological polar surface area (TPSA) is 33.1 Å². The Labute approximate surface area is 107 Å². The molecule has 1 aromatic carbocycles. The van der Waals surface area contributed by atoms with Gasteiger partial charge in [0.1, 0.15) is 5.01 Å². The van der Waals surface area contributed by atoms with E-state index >= 15 is 0 Å². The van der Waals surface area contributed by atoms with Crippen LogP contribution >= 0.6 is 34.7 Å². The number of aliphatic hydroxyl groups excluding tert-OH is 1. The van der Waals surface area contributed by atoms with Crippen LogP contribution in [0.1, 0.15) is 9.88 Å². The fourth-order valence-electron chi connectivity index (χ4n) is 1.16. The van der Waals surface area contributed by atoms with E-state index in [1.165, 1.54) is 4.90 Å². The molecular weight excluding hydrogens is 262 g/mol. The van der Waals surface area contributed by atoms with Crippen LogP contribution < -0.4 is 0 Å². The Bertz CT molecular complexity index is 455. The highest BCUT2D eigenvalue weighted by molar-refractivity contribution is 7.98. The zero-order valence-electron chi connectivity index (χ0n) is 8.39. The molecule has 1 aromatic heterocycles. The number of thiazole rings is 1. The van der Waals surface area contributed by atoms with Crippen LogP contribution in [0.5, 0.6) is 0 Å². The Morgan fingerprint density at radius 1 is 1.31 bits per heavy atom. The highest BCUT2D eigenvalue weighted by Crippen LogP contribution is 2.26. The van der Waals surface area contributed by atoms with Gasteiger partial charge in [0.2, 0.25) is 0 Å². The number of hydrogen-bond acceptors (Lipinski definition) is 4. The number of aliphatic hydroxyl groups is 1. The summed E-state index contributed by atoms with van der Waals surface area (Å²) in [5, 5.41) is 10.7. The lowest BCUT2D eigenvalue weighted by molar-refractivity contribution is 0.285. The lowest BCUT2D eigenvalue weighted by Gasteiger charge is -1.98. The molecule has 0 radical (unpaired) electrons. The molecule has 0 fully saturated rings. The molecule has 0 saturated carbocycles. The average Bonchev–Trinajstić information content (AvgIpc) is 2.76. The largest absolute Gasteiger partial charge is 0.391 e. The predicted octanol–water partition coefficient (Wildman–Crippen LogP) is 3.58. The summed E-state index contributed by atoms with van der Waals surface area (Å²) in [7, 11) is 0. The second-order valence-corrected chi connectivity index (χ2v) is 5.81. The van der Waals surface area contributed by atoms with Gasteiger partial charge in [-0.15, -0.1) is 23.1 Å². The van der Waals surface area contributed by atoms with Crippen LogP contribution in [0.3, 0.4) is 0 Å². The lowest BCUT2D eigenvalue weighted by atomic mass is 10.4. The molecule has 2 rings (SSSR count). The molecule has 2 aromatic rings. The quantitative estimate of drug-likeness (QED) is 0.863. The maximum atomic E-state index is 8.92. The van der Waals surface area contributed by atoms with Gasteiger partial charge in [-0.25, -0.2) is 4.98 Å². The van der Waals surface area contributed by atoms with Crippen molar-refractivity contribution < 1.29 is 5.11 Å². The van der Waals surface area contributed by atoms with Crippen LogP contribution in [-0.2, 0) is 12.4 Å². The number of benzene rings is 1. The number of rotatable bonds is 4. The third-order valence-corrected chi connectivity index (χ3v) is 4.37. The average molecular weight is 272 g/mol. The molecule has 0 aliphatic carbocycles. The second-order valence-electron chi connectivity index (χ2n) is 3.12. The van der Waals surface area contributed by atoms with Gasteiger partial charge in [-0.05, 0) is 24.3 Å². The van der Waals surface area contributed by atoms with Crippen molar-refractivity contribution in [3.63, 3.8) is 0 Å². The van der Waals surface area contributed by atoms with E-state index < -0.39 is 0 Å². The monoisotopic (exact) mass is 271 g/mol. The van der Waals surface area contributed by atoms with Crippen LogP contribution in [0.4, 0.5) is 0 Å². The predicted molar refractivity (Wildman–Crippen MR) is 69.0 cm³/mol. The lowest BCUT2D eigenvalue weighted by Crippen LogP contribution is -1.77. The van der Waals surface area contributed by atoms with Gasteiger partial charge in [-0.2, -0.15) is 0 Å². The van der Waals surface area contributed by atoms with E-state index in [1.54, 1.807) is 29.3 Å². The van der Waals surface area contributed by atoms with Crippen LogP contribution in [0.25, 0.3) is 0 Å². The highest BCUT2D eigenvalue weighted by atomic mass is 35.5. The Balaban J connectivity index is 1.94. The zero-order valence-corrected chi connectivity index (χ0v) is 10.8. The van der Waals surface area contributed by atoms with Gasteiger partial charge < -0.3 is 5.11 Å². The molecule has 0 saturated heterocycles. The van der Waals surface area contributed by atoms with Crippen molar-refractivity contribution in [2.45, 2.75) is 17.3 Å². The molecule has 84 valence electrons. The molecule has 0 amide bonds.